The SMILES string of the molecule is CCN(CC)C(=O)CNCCS(=O)(=O)CC. The smallest absolute Gasteiger partial charge is 0.236 e. The standard InChI is InChI=1S/C10H22N2O3S/c1-4-12(5-2)10(13)9-11-7-8-16(14,15)6-3/h11H,4-9H2,1-3H3. The normalized spacial score (nSPS) is 11.4. The summed E-state index contributed by atoms with van der Waals surface area (Å²) in [5.74, 6) is 0.257. The Hall–Kier alpha value is -0.620. The molecule has 16 heavy (non-hydrogen) atoms. The molecule has 1 amide bonds. The summed E-state index contributed by atoms with van der Waals surface area (Å²) >= 11 is 0. The maximum atomic E-state index is 11.5. The summed E-state index contributed by atoms with van der Waals surface area (Å²) in [7, 11) is -2.94. The lowest BCUT2D eigenvalue weighted by Crippen LogP contribution is -2.39. The third kappa shape index (κ3) is 6.07. The minimum Gasteiger partial charge on any atom is -0.342 e. The Bertz CT molecular complexity index is 297. The van der Waals surface area contributed by atoms with Gasteiger partial charge in [-0.2, -0.15) is 0 Å². The summed E-state index contributed by atoms with van der Waals surface area (Å²) < 4.78 is 22.3. The number of hydrogen-bond acceptors (Lipinski definition) is 4. The van der Waals surface area contributed by atoms with Gasteiger partial charge in [0.05, 0.1) is 12.3 Å². The van der Waals surface area contributed by atoms with Crippen molar-refractivity contribution in [1.29, 1.82) is 0 Å². The number of carbonyl (C=O) groups excluding carboxylic acids is 1. The van der Waals surface area contributed by atoms with Gasteiger partial charge in [0, 0.05) is 25.4 Å². The molecule has 0 aromatic rings. The summed E-state index contributed by atoms with van der Waals surface area (Å²) in [5, 5.41) is 2.85. The molecular formula is C10H22N2O3S. The second kappa shape index (κ2) is 7.62. The zero-order valence-electron chi connectivity index (χ0n) is 10.3. The first-order chi connectivity index (χ1) is 7.46. The van der Waals surface area contributed by atoms with Crippen LogP contribution in [0, 0.1) is 0 Å². The maximum Gasteiger partial charge on any atom is 0.236 e. The molecular weight excluding hydrogens is 228 g/mol. The molecule has 1 N–H and O–H groups in total. The van der Waals surface area contributed by atoms with E-state index < -0.39 is 9.84 Å². The van der Waals surface area contributed by atoms with Crippen LogP contribution < -0.4 is 5.32 Å². The highest BCUT2D eigenvalue weighted by molar-refractivity contribution is 7.91. The van der Waals surface area contributed by atoms with Crippen molar-refractivity contribution in [2.24, 2.45) is 0 Å². The van der Waals surface area contributed by atoms with Gasteiger partial charge in [0.1, 0.15) is 0 Å². The molecule has 5 nitrogen and oxygen atoms in total. The van der Waals surface area contributed by atoms with Crippen LogP contribution in [0.15, 0.2) is 0 Å². The first kappa shape index (κ1) is 15.4. The van der Waals surface area contributed by atoms with Crippen molar-refractivity contribution in [1.82, 2.24) is 10.2 Å². The van der Waals surface area contributed by atoms with E-state index in [1.807, 2.05) is 13.8 Å². The summed E-state index contributed by atoms with van der Waals surface area (Å²) in [4.78, 5) is 13.2. The van der Waals surface area contributed by atoms with Crippen LogP contribution in [0.3, 0.4) is 0 Å². The Morgan fingerprint density at radius 1 is 1.19 bits per heavy atom. The van der Waals surface area contributed by atoms with E-state index in [4.69, 9.17) is 0 Å². The Labute approximate surface area is 98.1 Å². The number of amides is 1. The number of rotatable bonds is 8. The molecule has 0 saturated carbocycles. The van der Waals surface area contributed by atoms with Crippen molar-refractivity contribution in [3.8, 4) is 0 Å². The lowest BCUT2D eigenvalue weighted by molar-refractivity contribution is -0.129. The molecule has 0 radical (unpaired) electrons. The Balaban J connectivity index is 3.79. The van der Waals surface area contributed by atoms with Crippen molar-refractivity contribution in [3.05, 3.63) is 0 Å². The van der Waals surface area contributed by atoms with Crippen LogP contribution >= 0.6 is 0 Å². The zero-order chi connectivity index (χ0) is 12.6. The van der Waals surface area contributed by atoms with Crippen LogP contribution in [-0.2, 0) is 14.6 Å². The van der Waals surface area contributed by atoms with Crippen molar-refractivity contribution in [2.75, 3.05) is 37.7 Å². The van der Waals surface area contributed by atoms with Crippen LogP contribution in [-0.4, -0.2) is 56.9 Å². The van der Waals surface area contributed by atoms with Gasteiger partial charge in [-0.05, 0) is 13.8 Å². The minimum absolute atomic E-state index is 0.0129. The van der Waals surface area contributed by atoms with E-state index in [2.05, 4.69) is 5.32 Å². The second-order valence-corrected chi connectivity index (χ2v) is 5.95. The van der Waals surface area contributed by atoms with Crippen molar-refractivity contribution in [2.45, 2.75) is 20.8 Å². The van der Waals surface area contributed by atoms with Crippen LogP contribution in [0.25, 0.3) is 0 Å². The fourth-order valence-corrected chi connectivity index (χ4v) is 2.00. The number of nitrogens with zero attached hydrogens (tertiary/aromatic N) is 1. The first-order valence-corrected chi connectivity index (χ1v) is 7.47. The maximum absolute atomic E-state index is 11.5. The molecule has 0 fully saturated rings. The van der Waals surface area contributed by atoms with Gasteiger partial charge in [-0.25, -0.2) is 8.42 Å². The Kier molecular flexibility index (Phi) is 7.33. The highest BCUT2D eigenvalue weighted by Crippen LogP contribution is 1.89. The fraction of sp³-hybridized carbons (Fsp3) is 0.900. The molecule has 0 aliphatic rings. The number of hydrogen-bond donors (Lipinski definition) is 1. The van der Waals surface area contributed by atoms with Crippen LogP contribution in [0.2, 0.25) is 0 Å². The van der Waals surface area contributed by atoms with Crippen LogP contribution in [0.5, 0.6) is 0 Å². The number of likely N-dealkylation sites (N-methyl/N-ethyl adjacent to an activating group) is 1. The fourth-order valence-electron chi connectivity index (χ4n) is 1.26. The molecule has 96 valence electrons. The van der Waals surface area contributed by atoms with Gasteiger partial charge in [-0.3, -0.25) is 4.79 Å². The van der Waals surface area contributed by atoms with E-state index in [1.54, 1.807) is 11.8 Å². The lowest BCUT2D eigenvalue weighted by atomic mass is 10.4. The minimum atomic E-state index is -2.94. The number of nitrogens with one attached hydrogen (secondary N) is 1. The van der Waals surface area contributed by atoms with E-state index in [9.17, 15) is 13.2 Å². The summed E-state index contributed by atoms with van der Waals surface area (Å²) in [6.45, 7) is 7.38. The van der Waals surface area contributed by atoms with E-state index in [-0.39, 0.29) is 24.0 Å². The van der Waals surface area contributed by atoms with Gasteiger partial charge in [-0.15, -0.1) is 0 Å². The van der Waals surface area contributed by atoms with E-state index in [0.29, 0.717) is 19.6 Å². The van der Waals surface area contributed by atoms with Crippen molar-refractivity contribution >= 4 is 15.7 Å². The second-order valence-electron chi connectivity index (χ2n) is 3.48. The van der Waals surface area contributed by atoms with Gasteiger partial charge in [0.15, 0.2) is 9.84 Å². The van der Waals surface area contributed by atoms with Gasteiger partial charge < -0.3 is 10.2 Å². The van der Waals surface area contributed by atoms with E-state index in [1.165, 1.54) is 0 Å². The average Bonchev–Trinajstić information content (AvgIpc) is 2.26. The third-order valence-electron chi connectivity index (χ3n) is 2.42. The Morgan fingerprint density at radius 3 is 2.19 bits per heavy atom. The Morgan fingerprint density at radius 2 is 1.75 bits per heavy atom. The zero-order valence-corrected chi connectivity index (χ0v) is 11.1. The predicted octanol–water partition coefficient (Wildman–Crippen LogP) is -0.121. The molecule has 6 heteroatoms. The number of sulfone groups is 1. The van der Waals surface area contributed by atoms with Crippen LogP contribution in [0.4, 0.5) is 0 Å². The van der Waals surface area contributed by atoms with Crippen molar-refractivity contribution in [3.63, 3.8) is 0 Å². The molecule has 0 aliphatic carbocycles. The van der Waals surface area contributed by atoms with Gasteiger partial charge in [-0.1, -0.05) is 6.92 Å². The molecule has 0 rings (SSSR count). The van der Waals surface area contributed by atoms with Gasteiger partial charge >= 0.3 is 0 Å². The molecule has 0 aromatic carbocycles. The molecule has 0 saturated heterocycles. The average molecular weight is 250 g/mol. The van der Waals surface area contributed by atoms with E-state index in [0.717, 1.165) is 0 Å². The molecule has 0 aliphatic heterocycles. The molecule has 0 atom stereocenters. The highest BCUT2D eigenvalue weighted by atomic mass is 32.2. The third-order valence-corrected chi connectivity index (χ3v) is 4.13. The molecule has 0 heterocycles. The molecule has 0 aromatic heterocycles. The summed E-state index contributed by atoms with van der Waals surface area (Å²) in [6, 6.07) is 0. The van der Waals surface area contributed by atoms with Gasteiger partial charge in [0.2, 0.25) is 5.91 Å². The highest BCUT2D eigenvalue weighted by Gasteiger charge is 2.10. The quantitative estimate of drug-likeness (QED) is 0.610. The number of carbonyl (C=O) groups is 1. The van der Waals surface area contributed by atoms with E-state index >= 15 is 0 Å². The molecule has 0 bridgehead atoms. The topological polar surface area (TPSA) is 66.5 Å². The molecule has 0 spiro atoms. The van der Waals surface area contributed by atoms with Crippen molar-refractivity contribution < 1.29 is 13.2 Å². The van der Waals surface area contributed by atoms with Gasteiger partial charge in [0.25, 0.3) is 0 Å². The predicted molar refractivity (Wildman–Crippen MR) is 65.1 cm³/mol. The monoisotopic (exact) mass is 250 g/mol. The lowest BCUT2D eigenvalue weighted by Gasteiger charge is -2.18. The molecule has 0 unspecified atom stereocenters. The summed E-state index contributed by atoms with van der Waals surface area (Å²) in [6.07, 6.45) is 0. The largest absolute Gasteiger partial charge is 0.342 e. The van der Waals surface area contributed by atoms with Crippen LogP contribution in [0.1, 0.15) is 20.8 Å². The first-order valence-electron chi connectivity index (χ1n) is 5.65. The summed E-state index contributed by atoms with van der Waals surface area (Å²) in [5.41, 5.74) is 0.